The van der Waals surface area contributed by atoms with E-state index in [0.717, 1.165) is 24.5 Å². The first-order valence-electron chi connectivity index (χ1n) is 7.44. The second-order valence-corrected chi connectivity index (χ2v) is 5.68. The minimum Gasteiger partial charge on any atom is -0.383 e. The van der Waals surface area contributed by atoms with Gasteiger partial charge in [0.05, 0.1) is 24.9 Å². The van der Waals surface area contributed by atoms with Gasteiger partial charge in [-0.05, 0) is 27.2 Å². The van der Waals surface area contributed by atoms with E-state index < -0.39 is 0 Å². The number of aryl methyl sites for hydroxylation is 2. The van der Waals surface area contributed by atoms with Crippen LogP contribution in [0.2, 0.25) is 0 Å². The van der Waals surface area contributed by atoms with Gasteiger partial charge in [0.1, 0.15) is 5.82 Å². The Morgan fingerprint density at radius 2 is 1.95 bits per heavy atom. The van der Waals surface area contributed by atoms with Gasteiger partial charge in [0.2, 0.25) is 0 Å². The molecule has 21 heavy (non-hydrogen) atoms. The second kappa shape index (κ2) is 8.36. The Kier molecular flexibility index (Phi) is 7.14. The van der Waals surface area contributed by atoms with Crippen molar-refractivity contribution in [1.29, 1.82) is 0 Å². The zero-order valence-corrected chi connectivity index (χ0v) is 14.2. The van der Waals surface area contributed by atoms with Crippen LogP contribution in [0, 0.1) is 6.92 Å². The lowest BCUT2D eigenvalue weighted by atomic mass is 10.1. The van der Waals surface area contributed by atoms with Gasteiger partial charge < -0.3 is 20.1 Å². The molecule has 2 N–H and O–H groups in total. The van der Waals surface area contributed by atoms with Crippen molar-refractivity contribution in [2.24, 2.45) is 12.8 Å². The van der Waals surface area contributed by atoms with Crippen LogP contribution in [-0.2, 0) is 22.9 Å². The van der Waals surface area contributed by atoms with Crippen LogP contribution in [0.1, 0.15) is 25.1 Å². The smallest absolute Gasteiger partial charge is 0.130 e. The van der Waals surface area contributed by atoms with E-state index in [2.05, 4.69) is 16.9 Å². The van der Waals surface area contributed by atoms with E-state index in [0.29, 0.717) is 13.2 Å². The van der Waals surface area contributed by atoms with Crippen molar-refractivity contribution in [3.05, 3.63) is 11.3 Å². The maximum atomic E-state index is 6.00. The molecule has 2 atom stereocenters. The van der Waals surface area contributed by atoms with Crippen LogP contribution in [0.3, 0.4) is 0 Å². The average Bonchev–Trinajstić information content (AvgIpc) is 2.66. The molecule has 1 rings (SSSR count). The van der Waals surface area contributed by atoms with Crippen LogP contribution < -0.4 is 10.6 Å². The lowest BCUT2D eigenvalue weighted by molar-refractivity contribution is 0.170. The Balaban J connectivity index is 3.15. The largest absolute Gasteiger partial charge is 0.383 e. The fourth-order valence-corrected chi connectivity index (χ4v) is 2.67. The SMILES string of the molecule is COCCN(c1c(CC(C)N)c(C)nn1C)C(C)COC. The Morgan fingerprint density at radius 1 is 1.29 bits per heavy atom. The first-order chi connectivity index (χ1) is 9.92. The number of methoxy groups -OCH3 is 2. The maximum absolute atomic E-state index is 6.00. The highest BCUT2D eigenvalue weighted by Gasteiger charge is 2.23. The molecule has 0 amide bonds. The van der Waals surface area contributed by atoms with E-state index in [1.807, 2.05) is 25.6 Å². The molecule has 0 aliphatic rings. The Bertz CT molecular complexity index is 432. The molecule has 6 nitrogen and oxygen atoms in total. The van der Waals surface area contributed by atoms with Crippen molar-refractivity contribution in [2.45, 2.75) is 39.3 Å². The topological polar surface area (TPSA) is 65.5 Å². The zero-order valence-electron chi connectivity index (χ0n) is 14.2. The van der Waals surface area contributed by atoms with E-state index in [1.165, 1.54) is 5.56 Å². The minimum atomic E-state index is 0.105. The fraction of sp³-hybridized carbons (Fsp3) is 0.800. The van der Waals surface area contributed by atoms with Gasteiger partial charge in [0.15, 0.2) is 0 Å². The molecule has 0 fully saturated rings. The number of anilines is 1. The first kappa shape index (κ1) is 17.9. The summed E-state index contributed by atoms with van der Waals surface area (Å²) in [4.78, 5) is 2.30. The lowest BCUT2D eigenvalue weighted by Crippen LogP contribution is -2.40. The number of nitrogens with two attached hydrogens (primary N) is 1. The molecular formula is C15H30N4O2. The Labute approximate surface area is 128 Å². The predicted molar refractivity (Wildman–Crippen MR) is 85.9 cm³/mol. The van der Waals surface area contributed by atoms with E-state index in [-0.39, 0.29) is 12.1 Å². The van der Waals surface area contributed by atoms with Gasteiger partial charge in [0.25, 0.3) is 0 Å². The van der Waals surface area contributed by atoms with Crippen molar-refractivity contribution in [3.8, 4) is 0 Å². The summed E-state index contributed by atoms with van der Waals surface area (Å²) in [5.41, 5.74) is 8.25. The van der Waals surface area contributed by atoms with Crippen LogP contribution >= 0.6 is 0 Å². The van der Waals surface area contributed by atoms with Crippen molar-refractivity contribution >= 4 is 5.82 Å². The third-order valence-electron chi connectivity index (χ3n) is 3.59. The molecule has 2 unspecified atom stereocenters. The number of hydrogen-bond acceptors (Lipinski definition) is 5. The fourth-order valence-electron chi connectivity index (χ4n) is 2.67. The molecule has 0 aromatic carbocycles. The average molecular weight is 298 g/mol. The summed E-state index contributed by atoms with van der Waals surface area (Å²) in [5.74, 6) is 1.12. The zero-order chi connectivity index (χ0) is 16.0. The van der Waals surface area contributed by atoms with Crippen molar-refractivity contribution in [2.75, 3.05) is 38.9 Å². The molecule has 0 aliphatic heterocycles. The summed E-state index contributed by atoms with van der Waals surface area (Å²) in [7, 11) is 5.42. The quantitative estimate of drug-likeness (QED) is 0.740. The minimum absolute atomic E-state index is 0.105. The van der Waals surface area contributed by atoms with Crippen LogP contribution in [0.5, 0.6) is 0 Å². The van der Waals surface area contributed by atoms with E-state index in [4.69, 9.17) is 15.2 Å². The van der Waals surface area contributed by atoms with Gasteiger partial charge in [-0.3, -0.25) is 4.68 Å². The molecular weight excluding hydrogens is 268 g/mol. The lowest BCUT2D eigenvalue weighted by Gasteiger charge is -2.31. The van der Waals surface area contributed by atoms with E-state index in [9.17, 15) is 0 Å². The summed E-state index contributed by atoms with van der Waals surface area (Å²) in [6.07, 6.45) is 0.818. The monoisotopic (exact) mass is 298 g/mol. The first-order valence-corrected chi connectivity index (χ1v) is 7.44. The number of rotatable bonds is 9. The molecule has 1 aromatic heterocycles. The number of hydrogen-bond donors (Lipinski definition) is 1. The highest BCUT2D eigenvalue weighted by molar-refractivity contribution is 5.51. The highest BCUT2D eigenvalue weighted by atomic mass is 16.5. The molecule has 0 saturated carbocycles. The molecule has 0 aliphatic carbocycles. The van der Waals surface area contributed by atoms with Crippen LogP contribution in [0.25, 0.3) is 0 Å². The van der Waals surface area contributed by atoms with Crippen molar-refractivity contribution < 1.29 is 9.47 Å². The van der Waals surface area contributed by atoms with E-state index >= 15 is 0 Å². The third-order valence-corrected chi connectivity index (χ3v) is 3.59. The summed E-state index contributed by atoms with van der Waals surface area (Å²) < 4.78 is 12.5. The standard InChI is InChI=1S/C15H30N4O2/c1-11(16)9-14-13(3)17-18(4)15(14)19(7-8-20-5)12(2)10-21-6/h11-12H,7-10,16H2,1-6H3. The Morgan fingerprint density at radius 3 is 2.48 bits per heavy atom. The second-order valence-electron chi connectivity index (χ2n) is 5.68. The van der Waals surface area contributed by atoms with Gasteiger partial charge in [0, 0.05) is 39.4 Å². The third kappa shape index (κ3) is 4.69. The molecule has 0 radical (unpaired) electrons. The van der Waals surface area contributed by atoms with Gasteiger partial charge in [-0.25, -0.2) is 0 Å². The van der Waals surface area contributed by atoms with Crippen molar-refractivity contribution in [3.63, 3.8) is 0 Å². The number of ether oxygens (including phenoxy) is 2. The molecule has 122 valence electrons. The van der Waals surface area contributed by atoms with Crippen molar-refractivity contribution in [1.82, 2.24) is 9.78 Å². The summed E-state index contributed by atoms with van der Waals surface area (Å²) in [6.45, 7) is 8.33. The van der Waals surface area contributed by atoms with E-state index in [1.54, 1.807) is 14.2 Å². The number of nitrogens with zero attached hydrogens (tertiary/aromatic N) is 3. The van der Waals surface area contributed by atoms with Crippen LogP contribution in [-0.4, -0.2) is 55.8 Å². The Hall–Kier alpha value is -1.11. The van der Waals surface area contributed by atoms with Gasteiger partial charge in [-0.1, -0.05) is 0 Å². The van der Waals surface area contributed by atoms with Crippen LogP contribution in [0.15, 0.2) is 0 Å². The molecule has 1 heterocycles. The molecule has 0 bridgehead atoms. The molecule has 1 aromatic rings. The summed E-state index contributed by atoms with van der Waals surface area (Å²) in [6, 6.07) is 0.348. The molecule has 0 saturated heterocycles. The van der Waals surface area contributed by atoms with Gasteiger partial charge >= 0.3 is 0 Å². The number of aromatic nitrogens is 2. The highest BCUT2D eigenvalue weighted by Crippen LogP contribution is 2.26. The normalized spacial score (nSPS) is 14.2. The summed E-state index contributed by atoms with van der Waals surface area (Å²) in [5, 5.41) is 4.57. The summed E-state index contributed by atoms with van der Waals surface area (Å²) >= 11 is 0. The molecule has 6 heteroatoms. The molecule has 0 spiro atoms. The van der Waals surface area contributed by atoms with Crippen LogP contribution in [0.4, 0.5) is 5.82 Å². The van der Waals surface area contributed by atoms with Gasteiger partial charge in [-0.2, -0.15) is 5.10 Å². The van der Waals surface area contributed by atoms with Gasteiger partial charge in [-0.15, -0.1) is 0 Å². The predicted octanol–water partition coefficient (Wildman–Crippen LogP) is 1.11. The maximum Gasteiger partial charge on any atom is 0.130 e.